The van der Waals surface area contributed by atoms with Crippen LogP contribution in [-0.2, 0) is 11.2 Å². The van der Waals surface area contributed by atoms with Crippen molar-refractivity contribution in [1.29, 1.82) is 0 Å². The van der Waals surface area contributed by atoms with Gasteiger partial charge >= 0.3 is 0 Å². The van der Waals surface area contributed by atoms with Gasteiger partial charge < -0.3 is 9.84 Å². The van der Waals surface area contributed by atoms with E-state index >= 15 is 0 Å². The van der Waals surface area contributed by atoms with Gasteiger partial charge in [-0.3, -0.25) is 4.79 Å². The molecule has 1 N–H and O–H groups in total. The van der Waals surface area contributed by atoms with Crippen LogP contribution in [0.15, 0.2) is 23.8 Å². The zero-order chi connectivity index (χ0) is 17.5. The molecule has 3 rings (SSSR count). The zero-order valence-electron chi connectivity index (χ0n) is 15.2. The van der Waals surface area contributed by atoms with Crippen LogP contribution in [0, 0.1) is 5.92 Å². The third-order valence-corrected chi connectivity index (χ3v) is 5.56. The predicted octanol–water partition coefficient (Wildman–Crippen LogP) is 4.91. The quantitative estimate of drug-likeness (QED) is 0.798. The largest absolute Gasteiger partial charge is 0.507 e. The van der Waals surface area contributed by atoms with Crippen LogP contribution in [0.2, 0.25) is 0 Å². The number of unbranched alkanes of at least 4 members (excludes halogenated alkanes) is 2. The SMILES string of the molecule is CCCCCc1cc(O)c2c(c1)OC(C)(C)C1CC(=O)C(C)=CC21. The maximum absolute atomic E-state index is 12.1. The molecule has 24 heavy (non-hydrogen) atoms. The lowest BCUT2D eigenvalue weighted by Crippen LogP contribution is -2.46. The van der Waals surface area contributed by atoms with Crippen LogP contribution in [0.25, 0.3) is 0 Å². The maximum Gasteiger partial charge on any atom is 0.158 e. The Balaban J connectivity index is 2.02. The monoisotopic (exact) mass is 328 g/mol. The van der Waals surface area contributed by atoms with Crippen molar-refractivity contribution in [2.75, 3.05) is 0 Å². The number of carbonyl (C=O) groups is 1. The van der Waals surface area contributed by atoms with Crippen molar-refractivity contribution in [3.05, 3.63) is 34.9 Å². The highest BCUT2D eigenvalue weighted by Crippen LogP contribution is 2.52. The summed E-state index contributed by atoms with van der Waals surface area (Å²) in [5, 5.41) is 10.7. The summed E-state index contributed by atoms with van der Waals surface area (Å²) in [6, 6.07) is 3.97. The number of aromatic hydroxyl groups is 1. The average molecular weight is 328 g/mol. The van der Waals surface area contributed by atoms with Crippen LogP contribution in [0.1, 0.15) is 70.4 Å². The van der Waals surface area contributed by atoms with Gasteiger partial charge in [-0.1, -0.05) is 25.8 Å². The van der Waals surface area contributed by atoms with Gasteiger partial charge in [0.25, 0.3) is 0 Å². The number of carbonyl (C=O) groups excluding carboxylic acids is 1. The predicted molar refractivity (Wildman–Crippen MR) is 95.7 cm³/mol. The number of Topliss-reactive ketones (excluding diaryl/α,β-unsaturated/α-hetero) is 1. The fraction of sp³-hybridized carbons (Fsp3) is 0.571. The first-order valence-corrected chi connectivity index (χ1v) is 9.10. The molecule has 1 aliphatic heterocycles. The number of phenolic OH excluding ortho intramolecular Hbond substituents is 1. The molecule has 1 heterocycles. The van der Waals surface area contributed by atoms with Gasteiger partial charge in [0.15, 0.2) is 5.78 Å². The Morgan fingerprint density at radius 1 is 1.29 bits per heavy atom. The smallest absolute Gasteiger partial charge is 0.158 e. The third kappa shape index (κ3) is 2.97. The Hall–Kier alpha value is -1.77. The highest BCUT2D eigenvalue weighted by molar-refractivity contribution is 5.96. The van der Waals surface area contributed by atoms with Crippen molar-refractivity contribution in [1.82, 2.24) is 0 Å². The molecule has 3 heteroatoms. The summed E-state index contributed by atoms with van der Waals surface area (Å²) in [6.45, 7) is 8.17. The van der Waals surface area contributed by atoms with E-state index in [4.69, 9.17) is 4.74 Å². The standard InChI is InChI=1S/C21H28O3/c1-5-6-7-8-14-10-18(23)20-15-9-13(2)17(22)12-16(15)21(3,4)24-19(20)11-14/h9-11,15-16,23H,5-8,12H2,1-4H3. The Morgan fingerprint density at radius 3 is 2.75 bits per heavy atom. The second kappa shape index (κ2) is 6.27. The van der Waals surface area contributed by atoms with E-state index in [1.165, 1.54) is 12.8 Å². The number of aryl methyl sites for hydroxylation is 1. The molecule has 1 aliphatic carbocycles. The summed E-state index contributed by atoms with van der Waals surface area (Å²) >= 11 is 0. The maximum atomic E-state index is 12.1. The van der Waals surface area contributed by atoms with Crippen LogP contribution >= 0.6 is 0 Å². The highest BCUT2D eigenvalue weighted by Gasteiger charge is 2.47. The minimum atomic E-state index is -0.418. The summed E-state index contributed by atoms with van der Waals surface area (Å²) in [5.41, 5.74) is 2.36. The van der Waals surface area contributed by atoms with E-state index in [-0.39, 0.29) is 17.6 Å². The van der Waals surface area contributed by atoms with Crippen molar-refractivity contribution in [3.8, 4) is 11.5 Å². The van der Waals surface area contributed by atoms with Gasteiger partial charge in [0, 0.05) is 23.8 Å². The molecule has 3 nitrogen and oxygen atoms in total. The highest BCUT2D eigenvalue weighted by atomic mass is 16.5. The summed E-state index contributed by atoms with van der Waals surface area (Å²) in [4.78, 5) is 12.1. The molecule has 130 valence electrons. The Bertz CT molecular complexity index is 685. The molecule has 0 amide bonds. The van der Waals surface area contributed by atoms with Crippen LogP contribution in [0.5, 0.6) is 11.5 Å². The number of allylic oxidation sites excluding steroid dienone is 2. The van der Waals surface area contributed by atoms with Gasteiger partial charge in [0.05, 0.1) is 0 Å². The number of fused-ring (bicyclic) bond motifs is 3. The van der Waals surface area contributed by atoms with Gasteiger partial charge in [-0.25, -0.2) is 0 Å². The summed E-state index contributed by atoms with van der Waals surface area (Å²) in [5.74, 6) is 1.39. The normalized spacial score (nSPS) is 24.7. The minimum Gasteiger partial charge on any atom is -0.507 e. The molecule has 2 unspecified atom stereocenters. The van der Waals surface area contributed by atoms with Crippen LogP contribution in [0.3, 0.4) is 0 Å². The molecule has 0 saturated heterocycles. The van der Waals surface area contributed by atoms with Crippen LogP contribution < -0.4 is 4.74 Å². The minimum absolute atomic E-state index is 0.0474. The van der Waals surface area contributed by atoms with E-state index in [0.29, 0.717) is 12.2 Å². The van der Waals surface area contributed by atoms with Gasteiger partial charge in [-0.2, -0.15) is 0 Å². The molecule has 1 aromatic rings. The second-order valence-corrected chi connectivity index (χ2v) is 7.80. The van der Waals surface area contributed by atoms with Crippen LogP contribution in [-0.4, -0.2) is 16.5 Å². The molecule has 2 aliphatic rings. The van der Waals surface area contributed by atoms with E-state index < -0.39 is 5.60 Å². The molecule has 0 fully saturated rings. The molecular weight excluding hydrogens is 300 g/mol. The van der Waals surface area contributed by atoms with Crippen molar-refractivity contribution < 1.29 is 14.6 Å². The van der Waals surface area contributed by atoms with Crippen molar-refractivity contribution in [3.63, 3.8) is 0 Å². The molecule has 0 spiro atoms. The topological polar surface area (TPSA) is 46.5 Å². The number of rotatable bonds is 4. The van der Waals surface area contributed by atoms with Crippen LogP contribution in [0.4, 0.5) is 0 Å². The first-order valence-electron chi connectivity index (χ1n) is 9.10. The lowest BCUT2D eigenvalue weighted by Gasteiger charge is -2.46. The van der Waals surface area contributed by atoms with E-state index in [1.807, 2.05) is 19.1 Å². The van der Waals surface area contributed by atoms with Gasteiger partial charge in [0.2, 0.25) is 0 Å². The number of hydrogen-bond acceptors (Lipinski definition) is 3. The van der Waals surface area contributed by atoms with E-state index in [9.17, 15) is 9.90 Å². The summed E-state index contributed by atoms with van der Waals surface area (Å²) in [6.07, 6.45) is 6.96. The number of hydrogen-bond donors (Lipinski definition) is 1. The molecule has 2 atom stereocenters. The number of benzene rings is 1. The first kappa shape index (κ1) is 17.1. The fourth-order valence-corrected chi connectivity index (χ4v) is 4.10. The molecular formula is C21H28O3. The van der Waals surface area contributed by atoms with E-state index in [0.717, 1.165) is 35.3 Å². The summed E-state index contributed by atoms with van der Waals surface area (Å²) < 4.78 is 6.26. The van der Waals surface area contributed by atoms with Gasteiger partial charge in [-0.05, 0) is 56.9 Å². The zero-order valence-corrected chi connectivity index (χ0v) is 15.2. The molecule has 0 radical (unpaired) electrons. The third-order valence-electron chi connectivity index (χ3n) is 5.56. The summed E-state index contributed by atoms with van der Waals surface area (Å²) in [7, 11) is 0. The Labute approximate surface area is 144 Å². The van der Waals surface area contributed by atoms with Crippen molar-refractivity contribution in [2.24, 2.45) is 5.92 Å². The van der Waals surface area contributed by atoms with Gasteiger partial charge in [0.1, 0.15) is 17.1 Å². The lowest BCUT2D eigenvalue weighted by atomic mass is 9.67. The molecule has 0 aromatic heterocycles. The fourth-order valence-electron chi connectivity index (χ4n) is 4.10. The average Bonchev–Trinajstić information content (AvgIpc) is 2.49. The second-order valence-electron chi connectivity index (χ2n) is 7.80. The van der Waals surface area contributed by atoms with Gasteiger partial charge in [-0.15, -0.1) is 0 Å². The van der Waals surface area contributed by atoms with E-state index in [2.05, 4.69) is 26.8 Å². The number of ether oxygens (including phenoxy) is 1. The molecule has 0 saturated carbocycles. The first-order chi connectivity index (χ1) is 11.3. The van der Waals surface area contributed by atoms with E-state index in [1.54, 1.807) is 0 Å². The molecule has 1 aromatic carbocycles. The Morgan fingerprint density at radius 2 is 2.04 bits per heavy atom. The van der Waals surface area contributed by atoms with Crippen molar-refractivity contribution >= 4 is 5.78 Å². The van der Waals surface area contributed by atoms with Crippen molar-refractivity contribution in [2.45, 2.75) is 71.3 Å². The Kier molecular flexibility index (Phi) is 4.46. The lowest BCUT2D eigenvalue weighted by molar-refractivity contribution is -0.119. The number of phenols is 1. The number of ketones is 1. The molecule has 0 bridgehead atoms.